The summed E-state index contributed by atoms with van der Waals surface area (Å²) in [4.78, 5) is 17.3. The zero-order chi connectivity index (χ0) is 16.4. The van der Waals surface area contributed by atoms with Crippen molar-refractivity contribution < 1.29 is 9.53 Å². The van der Waals surface area contributed by atoms with E-state index in [0.717, 1.165) is 32.7 Å². The summed E-state index contributed by atoms with van der Waals surface area (Å²) in [6.45, 7) is 6.35. The van der Waals surface area contributed by atoms with Gasteiger partial charge in [0.05, 0.1) is 25.2 Å². The van der Waals surface area contributed by atoms with Gasteiger partial charge in [-0.25, -0.2) is 0 Å². The number of benzene rings is 1. The molecule has 130 valence electrons. The van der Waals surface area contributed by atoms with Gasteiger partial charge in [0.25, 0.3) is 0 Å². The summed E-state index contributed by atoms with van der Waals surface area (Å²) in [5.74, 6) is 0.182. The minimum absolute atomic E-state index is 0.000140. The van der Waals surface area contributed by atoms with Crippen molar-refractivity contribution in [1.29, 1.82) is 0 Å². The monoisotopic (exact) mass is 329 g/mol. The molecule has 3 aliphatic heterocycles. The van der Waals surface area contributed by atoms with Gasteiger partial charge in [-0.2, -0.15) is 0 Å². The molecule has 3 aliphatic rings. The van der Waals surface area contributed by atoms with Crippen LogP contribution in [-0.4, -0.2) is 67.2 Å². The van der Waals surface area contributed by atoms with Crippen LogP contribution in [0.2, 0.25) is 0 Å². The number of piperidine rings is 1. The Morgan fingerprint density at radius 1 is 1.08 bits per heavy atom. The van der Waals surface area contributed by atoms with Crippen molar-refractivity contribution >= 4 is 5.91 Å². The fourth-order valence-corrected chi connectivity index (χ4v) is 4.25. The number of likely N-dealkylation sites (tertiary alicyclic amines) is 1. The molecule has 2 bridgehead atoms. The average molecular weight is 329 g/mol. The Balaban J connectivity index is 1.33. The van der Waals surface area contributed by atoms with Crippen LogP contribution in [0.15, 0.2) is 30.3 Å². The average Bonchev–Trinajstić information content (AvgIpc) is 2.85. The summed E-state index contributed by atoms with van der Waals surface area (Å²) < 4.78 is 5.63. The van der Waals surface area contributed by atoms with Crippen LogP contribution in [0.1, 0.15) is 18.4 Å². The lowest BCUT2D eigenvalue weighted by molar-refractivity contribution is -0.125. The van der Waals surface area contributed by atoms with Crippen molar-refractivity contribution in [2.24, 2.45) is 5.92 Å². The standard InChI is InChI=1S/C19H27N3O2/c23-19-16-11-22(12-17(20-19)14-24-13-16)18-6-8-21(9-7-18)10-15-4-2-1-3-5-15/h1-5,16-18H,6-14H2,(H,20,23)/t16-,17+/m1/s1. The van der Waals surface area contributed by atoms with Crippen LogP contribution in [0.5, 0.6) is 0 Å². The third kappa shape index (κ3) is 3.63. The van der Waals surface area contributed by atoms with Gasteiger partial charge in [-0.3, -0.25) is 14.6 Å². The van der Waals surface area contributed by atoms with Crippen LogP contribution >= 0.6 is 0 Å². The molecule has 0 saturated carbocycles. The maximum Gasteiger partial charge on any atom is 0.227 e. The molecule has 3 heterocycles. The SMILES string of the molecule is O=C1N[C@@H]2COC[C@H]1CN(C1CCN(Cc3ccccc3)CC1)C2. The third-order valence-electron chi connectivity index (χ3n) is 5.59. The van der Waals surface area contributed by atoms with Gasteiger partial charge < -0.3 is 10.1 Å². The lowest BCUT2D eigenvalue weighted by Gasteiger charge is -2.40. The molecule has 2 atom stereocenters. The molecule has 0 radical (unpaired) electrons. The highest BCUT2D eigenvalue weighted by molar-refractivity contribution is 5.80. The number of nitrogens with one attached hydrogen (secondary N) is 1. The van der Waals surface area contributed by atoms with E-state index < -0.39 is 0 Å². The van der Waals surface area contributed by atoms with Crippen molar-refractivity contribution in [2.45, 2.75) is 31.5 Å². The van der Waals surface area contributed by atoms with E-state index in [1.54, 1.807) is 0 Å². The van der Waals surface area contributed by atoms with E-state index in [2.05, 4.69) is 45.4 Å². The number of hydrogen-bond donors (Lipinski definition) is 1. The van der Waals surface area contributed by atoms with Gasteiger partial charge in [0, 0.05) is 25.7 Å². The fraction of sp³-hybridized carbons (Fsp3) is 0.632. The van der Waals surface area contributed by atoms with Crippen molar-refractivity contribution in [3.05, 3.63) is 35.9 Å². The number of fused-ring (bicyclic) bond motifs is 3. The molecule has 0 aromatic heterocycles. The molecule has 3 fully saturated rings. The van der Waals surface area contributed by atoms with E-state index in [0.29, 0.717) is 19.3 Å². The molecular formula is C19H27N3O2. The maximum absolute atomic E-state index is 12.2. The first-order valence-electron chi connectivity index (χ1n) is 9.16. The van der Waals surface area contributed by atoms with Gasteiger partial charge in [0.2, 0.25) is 5.91 Å². The van der Waals surface area contributed by atoms with Crippen LogP contribution < -0.4 is 5.32 Å². The summed E-state index contributed by atoms with van der Waals surface area (Å²) in [5.41, 5.74) is 1.40. The molecule has 1 N–H and O–H groups in total. The van der Waals surface area contributed by atoms with E-state index in [1.807, 2.05) is 0 Å². The Hall–Kier alpha value is -1.43. The molecule has 0 aliphatic carbocycles. The smallest absolute Gasteiger partial charge is 0.227 e. The van der Waals surface area contributed by atoms with Crippen LogP contribution in [0.25, 0.3) is 0 Å². The maximum atomic E-state index is 12.2. The van der Waals surface area contributed by atoms with Crippen LogP contribution in [0, 0.1) is 5.92 Å². The summed E-state index contributed by atoms with van der Waals surface area (Å²) in [5, 5.41) is 3.14. The topological polar surface area (TPSA) is 44.8 Å². The van der Waals surface area contributed by atoms with E-state index in [1.165, 1.54) is 18.4 Å². The quantitative estimate of drug-likeness (QED) is 0.902. The van der Waals surface area contributed by atoms with Crippen LogP contribution in [-0.2, 0) is 16.1 Å². The zero-order valence-electron chi connectivity index (χ0n) is 14.2. The lowest BCUT2D eigenvalue weighted by Crippen LogP contribution is -2.50. The first kappa shape index (κ1) is 16.1. The molecule has 5 nitrogen and oxygen atoms in total. The van der Waals surface area contributed by atoms with Gasteiger partial charge in [0.1, 0.15) is 0 Å². The molecule has 1 amide bonds. The van der Waals surface area contributed by atoms with Gasteiger partial charge >= 0.3 is 0 Å². The highest BCUT2D eigenvalue weighted by atomic mass is 16.5. The highest BCUT2D eigenvalue weighted by Gasteiger charge is 2.36. The number of ether oxygens (including phenoxy) is 1. The Bertz CT molecular complexity index is 557. The summed E-state index contributed by atoms with van der Waals surface area (Å²) in [6, 6.07) is 11.5. The number of hydrogen-bond acceptors (Lipinski definition) is 4. The Morgan fingerprint density at radius 3 is 2.67 bits per heavy atom. The number of nitrogens with zero attached hydrogens (tertiary/aromatic N) is 2. The number of amides is 1. The lowest BCUT2D eigenvalue weighted by atomic mass is 10.00. The summed E-state index contributed by atoms with van der Waals surface area (Å²) >= 11 is 0. The Morgan fingerprint density at radius 2 is 1.88 bits per heavy atom. The first-order chi connectivity index (χ1) is 11.8. The predicted octanol–water partition coefficient (Wildman–Crippen LogP) is 1.10. The minimum atomic E-state index is -0.000140. The predicted molar refractivity (Wildman–Crippen MR) is 92.6 cm³/mol. The minimum Gasteiger partial charge on any atom is -0.378 e. The van der Waals surface area contributed by atoms with E-state index in [9.17, 15) is 4.79 Å². The summed E-state index contributed by atoms with van der Waals surface area (Å²) in [6.07, 6.45) is 2.39. The fourth-order valence-electron chi connectivity index (χ4n) is 4.25. The molecular weight excluding hydrogens is 302 g/mol. The van der Waals surface area contributed by atoms with Gasteiger partial charge in [-0.05, 0) is 31.5 Å². The molecule has 24 heavy (non-hydrogen) atoms. The molecule has 1 aromatic carbocycles. The third-order valence-corrected chi connectivity index (χ3v) is 5.59. The molecule has 3 saturated heterocycles. The molecule has 1 aromatic rings. The van der Waals surface area contributed by atoms with Crippen molar-refractivity contribution in [3.63, 3.8) is 0 Å². The van der Waals surface area contributed by atoms with Gasteiger partial charge in [0.15, 0.2) is 0 Å². The van der Waals surface area contributed by atoms with Gasteiger partial charge in [-0.1, -0.05) is 30.3 Å². The Labute approximate surface area is 144 Å². The van der Waals surface area contributed by atoms with E-state index >= 15 is 0 Å². The number of carbonyl (C=O) groups is 1. The van der Waals surface area contributed by atoms with E-state index in [-0.39, 0.29) is 17.9 Å². The van der Waals surface area contributed by atoms with E-state index in [4.69, 9.17) is 4.74 Å². The second-order valence-electron chi connectivity index (χ2n) is 7.39. The zero-order valence-corrected chi connectivity index (χ0v) is 14.2. The number of rotatable bonds is 3. The second-order valence-corrected chi connectivity index (χ2v) is 7.39. The van der Waals surface area contributed by atoms with Crippen LogP contribution in [0.4, 0.5) is 0 Å². The largest absolute Gasteiger partial charge is 0.378 e. The van der Waals surface area contributed by atoms with Crippen molar-refractivity contribution in [3.8, 4) is 0 Å². The van der Waals surface area contributed by atoms with Crippen molar-refractivity contribution in [1.82, 2.24) is 15.1 Å². The first-order valence-corrected chi connectivity index (χ1v) is 9.16. The molecule has 0 unspecified atom stereocenters. The highest BCUT2D eigenvalue weighted by Crippen LogP contribution is 2.23. The van der Waals surface area contributed by atoms with Crippen LogP contribution in [0.3, 0.4) is 0 Å². The second kappa shape index (κ2) is 7.21. The normalized spacial score (nSPS) is 29.9. The van der Waals surface area contributed by atoms with Gasteiger partial charge in [-0.15, -0.1) is 0 Å². The number of carbonyl (C=O) groups excluding carboxylic acids is 1. The molecule has 5 heteroatoms. The molecule has 0 spiro atoms. The molecule has 4 rings (SSSR count). The Kier molecular flexibility index (Phi) is 4.83. The van der Waals surface area contributed by atoms with Crippen molar-refractivity contribution in [2.75, 3.05) is 39.4 Å². The summed E-state index contributed by atoms with van der Waals surface area (Å²) in [7, 11) is 0.